The van der Waals surface area contributed by atoms with Gasteiger partial charge < -0.3 is 24.6 Å². The predicted octanol–water partition coefficient (Wildman–Crippen LogP) is 0.677. The molecule has 0 radical (unpaired) electrons. The zero-order valence-electron chi connectivity index (χ0n) is 12.1. The highest BCUT2D eigenvalue weighted by Crippen LogP contribution is 2.13. The van der Waals surface area contributed by atoms with Crippen LogP contribution >= 0.6 is 0 Å². The molecule has 1 unspecified atom stereocenters. The molecule has 1 aromatic rings. The van der Waals surface area contributed by atoms with Gasteiger partial charge in [0.2, 0.25) is 0 Å². The Morgan fingerprint density at radius 3 is 2.86 bits per heavy atom. The molecular formula is C13H19N3O5. The monoisotopic (exact) mass is 297 g/mol. The number of hydrogen-bond donors (Lipinski definition) is 2. The molecule has 2 heterocycles. The molecule has 21 heavy (non-hydrogen) atoms. The largest absolute Gasteiger partial charge is 0.481 e. The summed E-state index contributed by atoms with van der Waals surface area (Å²) in [4.78, 5) is 24.4. The van der Waals surface area contributed by atoms with Crippen molar-refractivity contribution < 1.29 is 24.0 Å². The van der Waals surface area contributed by atoms with E-state index >= 15 is 0 Å². The van der Waals surface area contributed by atoms with Crippen molar-refractivity contribution in [1.29, 1.82) is 0 Å². The molecule has 0 saturated carbocycles. The van der Waals surface area contributed by atoms with E-state index < -0.39 is 12.1 Å². The molecule has 0 aromatic carbocycles. The van der Waals surface area contributed by atoms with Gasteiger partial charge in [-0.15, -0.1) is 0 Å². The third kappa shape index (κ3) is 3.94. The molecule has 1 saturated heterocycles. The van der Waals surface area contributed by atoms with Gasteiger partial charge in [0, 0.05) is 25.2 Å². The second kappa shape index (κ2) is 6.57. The maximum absolute atomic E-state index is 12.1. The number of hydrogen-bond acceptors (Lipinski definition) is 5. The van der Waals surface area contributed by atoms with E-state index in [0.717, 1.165) is 11.3 Å². The maximum Gasteiger partial charge on any atom is 0.317 e. The molecule has 2 N–H and O–H groups in total. The van der Waals surface area contributed by atoms with Crippen LogP contribution in [0.4, 0.5) is 4.79 Å². The number of ether oxygens (including phenoxy) is 1. The zero-order chi connectivity index (χ0) is 15.4. The Hall–Kier alpha value is -2.09. The lowest BCUT2D eigenvalue weighted by molar-refractivity contribution is -0.141. The summed E-state index contributed by atoms with van der Waals surface area (Å²) in [5.41, 5.74) is 1.61. The van der Waals surface area contributed by atoms with Crippen LogP contribution in [0, 0.1) is 13.8 Å². The molecule has 0 bridgehead atoms. The average molecular weight is 297 g/mol. The number of nitrogens with one attached hydrogen (secondary N) is 1. The highest BCUT2D eigenvalue weighted by molar-refractivity contribution is 5.74. The van der Waals surface area contributed by atoms with Gasteiger partial charge in [0.15, 0.2) is 0 Å². The number of amides is 2. The minimum atomic E-state index is -0.932. The van der Waals surface area contributed by atoms with Gasteiger partial charge >= 0.3 is 12.0 Å². The lowest BCUT2D eigenvalue weighted by Gasteiger charge is -2.32. The van der Waals surface area contributed by atoms with E-state index in [0.29, 0.717) is 25.5 Å². The van der Waals surface area contributed by atoms with Gasteiger partial charge in [-0.25, -0.2) is 4.79 Å². The summed E-state index contributed by atoms with van der Waals surface area (Å²) in [5, 5.41) is 15.4. The van der Waals surface area contributed by atoms with E-state index in [9.17, 15) is 9.59 Å². The van der Waals surface area contributed by atoms with E-state index in [1.165, 1.54) is 0 Å². The summed E-state index contributed by atoms with van der Waals surface area (Å²) >= 11 is 0. The van der Waals surface area contributed by atoms with Gasteiger partial charge in [0.05, 0.1) is 24.8 Å². The highest BCUT2D eigenvalue weighted by Gasteiger charge is 2.26. The van der Waals surface area contributed by atoms with E-state index in [-0.39, 0.29) is 19.0 Å². The van der Waals surface area contributed by atoms with Crippen LogP contribution < -0.4 is 5.32 Å². The molecule has 1 fully saturated rings. The third-order valence-electron chi connectivity index (χ3n) is 3.43. The molecule has 1 aromatic heterocycles. The maximum atomic E-state index is 12.1. The van der Waals surface area contributed by atoms with Crippen molar-refractivity contribution in [3.8, 4) is 0 Å². The van der Waals surface area contributed by atoms with Gasteiger partial charge in [-0.05, 0) is 13.8 Å². The smallest absolute Gasteiger partial charge is 0.317 e. The Labute approximate surface area is 122 Å². The van der Waals surface area contributed by atoms with Gasteiger partial charge in [0.25, 0.3) is 0 Å². The molecule has 2 rings (SSSR count). The Kier molecular flexibility index (Phi) is 4.79. The number of aryl methyl sites for hydroxylation is 2. The lowest BCUT2D eigenvalue weighted by Crippen LogP contribution is -2.49. The summed E-state index contributed by atoms with van der Waals surface area (Å²) < 4.78 is 10.4. The molecule has 0 aliphatic carbocycles. The van der Waals surface area contributed by atoms with Crippen LogP contribution in [0.3, 0.4) is 0 Å². The fourth-order valence-electron chi connectivity index (χ4n) is 2.25. The summed E-state index contributed by atoms with van der Waals surface area (Å²) in [6.45, 7) is 5.01. The summed E-state index contributed by atoms with van der Waals surface area (Å²) in [6, 6.07) is -0.242. The second-order valence-electron chi connectivity index (χ2n) is 5.00. The highest BCUT2D eigenvalue weighted by atomic mass is 16.5. The molecule has 0 spiro atoms. The van der Waals surface area contributed by atoms with Crippen LogP contribution in [0.25, 0.3) is 0 Å². The van der Waals surface area contributed by atoms with E-state index in [2.05, 4.69) is 10.5 Å². The topological polar surface area (TPSA) is 105 Å². The minimum absolute atomic E-state index is 0.104. The Balaban J connectivity index is 1.87. The number of aromatic nitrogens is 1. The Morgan fingerprint density at radius 1 is 1.48 bits per heavy atom. The predicted molar refractivity (Wildman–Crippen MR) is 71.8 cm³/mol. The van der Waals surface area contributed by atoms with Crippen LogP contribution in [0.2, 0.25) is 0 Å². The van der Waals surface area contributed by atoms with Gasteiger partial charge in [-0.2, -0.15) is 0 Å². The number of carbonyl (C=O) groups excluding carboxylic acids is 1. The van der Waals surface area contributed by atoms with Crippen molar-refractivity contribution in [2.75, 3.05) is 19.7 Å². The standard InChI is InChI=1S/C13H19N3O5/c1-8-11(9(2)21-15-8)6-14-13(19)16-3-4-20-10(7-16)5-12(17)18/h10H,3-7H2,1-2H3,(H,14,19)(H,17,18). The number of rotatable bonds is 4. The Morgan fingerprint density at radius 2 is 2.24 bits per heavy atom. The normalized spacial score (nSPS) is 18.6. The summed E-state index contributed by atoms with van der Waals surface area (Å²) in [6.07, 6.45) is -0.561. The molecule has 1 aliphatic heterocycles. The van der Waals surface area contributed by atoms with Crippen molar-refractivity contribution in [3.05, 3.63) is 17.0 Å². The number of morpholine rings is 1. The molecule has 8 nitrogen and oxygen atoms in total. The first-order valence-electron chi connectivity index (χ1n) is 6.75. The van der Waals surface area contributed by atoms with Crippen molar-refractivity contribution in [2.24, 2.45) is 0 Å². The molecular weight excluding hydrogens is 278 g/mol. The van der Waals surface area contributed by atoms with Crippen LogP contribution in [0.15, 0.2) is 4.52 Å². The summed E-state index contributed by atoms with van der Waals surface area (Å²) in [7, 11) is 0. The SMILES string of the molecule is Cc1noc(C)c1CNC(=O)N1CCOC(CC(=O)O)C1. The first kappa shape index (κ1) is 15.3. The molecule has 2 amide bonds. The van der Waals surface area contributed by atoms with Crippen molar-refractivity contribution in [1.82, 2.24) is 15.4 Å². The Bertz CT molecular complexity index is 508. The first-order chi connectivity index (χ1) is 9.97. The number of urea groups is 1. The fraction of sp³-hybridized carbons (Fsp3) is 0.615. The van der Waals surface area contributed by atoms with Gasteiger partial charge in [-0.1, -0.05) is 5.16 Å². The molecule has 1 atom stereocenters. The number of carboxylic acids is 1. The van der Waals surface area contributed by atoms with Crippen LogP contribution in [-0.4, -0.2) is 53.0 Å². The minimum Gasteiger partial charge on any atom is -0.481 e. The van der Waals surface area contributed by atoms with Gasteiger partial charge in [0.1, 0.15) is 5.76 Å². The van der Waals surface area contributed by atoms with Crippen molar-refractivity contribution >= 4 is 12.0 Å². The molecule has 116 valence electrons. The quantitative estimate of drug-likeness (QED) is 0.846. The van der Waals surface area contributed by atoms with Crippen molar-refractivity contribution in [3.63, 3.8) is 0 Å². The first-order valence-corrected chi connectivity index (χ1v) is 6.75. The van der Waals surface area contributed by atoms with Gasteiger partial charge in [-0.3, -0.25) is 4.79 Å². The number of carboxylic acid groups (broad SMARTS) is 1. The lowest BCUT2D eigenvalue weighted by atomic mass is 10.2. The van der Waals surface area contributed by atoms with E-state index in [4.69, 9.17) is 14.4 Å². The van der Waals surface area contributed by atoms with Crippen LogP contribution in [0.1, 0.15) is 23.4 Å². The zero-order valence-corrected chi connectivity index (χ0v) is 12.1. The van der Waals surface area contributed by atoms with Crippen LogP contribution in [-0.2, 0) is 16.1 Å². The molecule has 1 aliphatic rings. The number of carbonyl (C=O) groups is 2. The third-order valence-corrected chi connectivity index (χ3v) is 3.43. The molecule has 8 heteroatoms. The second-order valence-corrected chi connectivity index (χ2v) is 5.00. The van der Waals surface area contributed by atoms with E-state index in [1.54, 1.807) is 11.8 Å². The fourth-order valence-corrected chi connectivity index (χ4v) is 2.25. The summed E-state index contributed by atoms with van der Waals surface area (Å²) in [5.74, 6) is -0.253. The van der Waals surface area contributed by atoms with Crippen molar-refractivity contribution in [2.45, 2.75) is 32.9 Å². The number of aliphatic carboxylic acids is 1. The van der Waals surface area contributed by atoms with Crippen LogP contribution in [0.5, 0.6) is 0 Å². The average Bonchev–Trinajstić information content (AvgIpc) is 2.75. The number of nitrogens with zero attached hydrogens (tertiary/aromatic N) is 2. The van der Waals surface area contributed by atoms with E-state index in [1.807, 2.05) is 6.92 Å².